The molecule has 1 aliphatic rings. The highest BCUT2D eigenvalue weighted by atomic mass is 35.5. The molecule has 1 fully saturated rings. The summed E-state index contributed by atoms with van der Waals surface area (Å²) in [5.41, 5.74) is 7.73. The Labute approximate surface area is 114 Å². The van der Waals surface area contributed by atoms with Gasteiger partial charge >= 0.3 is 0 Å². The van der Waals surface area contributed by atoms with Crippen molar-refractivity contribution < 1.29 is 4.74 Å². The maximum atomic E-state index is 6.01. The minimum atomic E-state index is 0.440. The normalized spacial score (nSPS) is 18.1. The molecule has 2 rings (SSSR count). The number of benzene rings is 1. The van der Waals surface area contributed by atoms with Crippen LogP contribution in [0.15, 0.2) is 18.2 Å². The highest BCUT2D eigenvalue weighted by Gasteiger charge is 2.19. The molecule has 1 heterocycles. The summed E-state index contributed by atoms with van der Waals surface area (Å²) >= 11 is 6.01. The van der Waals surface area contributed by atoms with E-state index in [0.29, 0.717) is 11.1 Å². The molecule has 0 atom stereocenters. The number of nitrogens with two attached hydrogens (primary N) is 1. The first-order valence-electron chi connectivity index (χ1n) is 6.56. The second kappa shape index (κ2) is 6.41. The summed E-state index contributed by atoms with van der Waals surface area (Å²) in [5, 5.41) is 0.717. The van der Waals surface area contributed by atoms with Crippen LogP contribution in [-0.4, -0.2) is 30.7 Å². The van der Waals surface area contributed by atoms with Gasteiger partial charge in [-0.05, 0) is 43.5 Å². The number of halogens is 1. The molecule has 0 amide bonds. The van der Waals surface area contributed by atoms with E-state index in [1.165, 1.54) is 5.56 Å². The molecular formula is C14H21ClN2O. The Hall–Kier alpha value is -0.770. The molecule has 18 heavy (non-hydrogen) atoms. The Morgan fingerprint density at radius 2 is 2.06 bits per heavy atom. The molecule has 0 aromatic heterocycles. The van der Waals surface area contributed by atoms with Crippen LogP contribution in [0.3, 0.4) is 0 Å². The van der Waals surface area contributed by atoms with Crippen molar-refractivity contribution in [3.8, 4) is 0 Å². The summed E-state index contributed by atoms with van der Waals surface area (Å²) in [6.45, 7) is 5.95. The van der Waals surface area contributed by atoms with Gasteiger partial charge in [-0.3, -0.25) is 4.90 Å². The van der Waals surface area contributed by atoms with Crippen LogP contribution in [0.2, 0.25) is 5.02 Å². The maximum absolute atomic E-state index is 6.01. The molecule has 0 spiro atoms. The van der Waals surface area contributed by atoms with Crippen LogP contribution in [0.25, 0.3) is 0 Å². The Bertz CT molecular complexity index is 369. The average Bonchev–Trinajstić information content (AvgIpc) is 2.31. The fourth-order valence-electron chi connectivity index (χ4n) is 2.49. The van der Waals surface area contributed by atoms with Crippen LogP contribution in [0.5, 0.6) is 0 Å². The van der Waals surface area contributed by atoms with Gasteiger partial charge in [0.15, 0.2) is 0 Å². The molecule has 100 valence electrons. The number of nitrogen functional groups attached to an aromatic ring is 1. The molecule has 0 bridgehead atoms. The van der Waals surface area contributed by atoms with E-state index in [0.717, 1.165) is 44.8 Å². The Morgan fingerprint density at radius 1 is 1.33 bits per heavy atom. The van der Waals surface area contributed by atoms with Crippen molar-refractivity contribution in [2.45, 2.75) is 32.4 Å². The van der Waals surface area contributed by atoms with Gasteiger partial charge in [0.2, 0.25) is 0 Å². The monoisotopic (exact) mass is 268 g/mol. The first-order valence-corrected chi connectivity index (χ1v) is 6.94. The lowest BCUT2D eigenvalue weighted by atomic mass is 10.1. The third-order valence-electron chi connectivity index (χ3n) is 3.32. The first kappa shape index (κ1) is 13.7. The SMILES string of the molecule is CCOC1CCN(Cc2cc(N)cc(Cl)c2)CC1. The van der Waals surface area contributed by atoms with Gasteiger partial charge in [-0.25, -0.2) is 0 Å². The number of piperidine rings is 1. The number of likely N-dealkylation sites (tertiary alicyclic amines) is 1. The number of nitrogens with zero attached hydrogens (tertiary/aromatic N) is 1. The van der Waals surface area contributed by atoms with Crippen molar-refractivity contribution in [3.63, 3.8) is 0 Å². The van der Waals surface area contributed by atoms with Gasteiger partial charge in [0.25, 0.3) is 0 Å². The molecule has 0 radical (unpaired) electrons. The van der Waals surface area contributed by atoms with E-state index in [1.54, 1.807) is 6.07 Å². The predicted molar refractivity (Wildman–Crippen MR) is 75.8 cm³/mol. The zero-order valence-corrected chi connectivity index (χ0v) is 11.6. The van der Waals surface area contributed by atoms with Crippen molar-refractivity contribution in [1.29, 1.82) is 0 Å². The first-order chi connectivity index (χ1) is 8.67. The molecule has 1 aromatic rings. The standard InChI is InChI=1S/C14H21ClN2O/c1-2-18-14-3-5-17(6-4-14)10-11-7-12(15)9-13(16)8-11/h7-9,14H,2-6,10,16H2,1H3. The van der Waals surface area contributed by atoms with Crippen molar-refractivity contribution in [3.05, 3.63) is 28.8 Å². The minimum Gasteiger partial charge on any atom is -0.399 e. The fourth-order valence-corrected chi connectivity index (χ4v) is 2.76. The summed E-state index contributed by atoms with van der Waals surface area (Å²) in [6, 6.07) is 5.78. The summed E-state index contributed by atoms with van der Waals surface area (Å²) in [7, 11) is 0. The molecule has 0 aliphatic carbocycles. The average molecular weight is 269 g/mol. The van der Waals surface area contributed by atoms with Crippen LogP contribution in [0.4, 0.5) is 5.69 Å². The van der Waals surface area contributed by atoms with Gasteiger partial charge in [0.1, 0.15) is 0 Å². The van der Waals surface area contributed by atoms with Crippen molar-refractivity contribution in [2.75, 3.05) is 25.4 Å². The largest absolute Gasteiger partial charge is 0.399 e. The number of anilines is 1. The lowest BCUT2D eigenvalue weighted by molar-refractivity contribution is 0.0125. The Balaban J connectivity index is 1.87. The molecule has 2 N–H and O–H groups in total. The second-order valence-corrected chi connectivity index (χ2v) is 5.26. The van der Waals surface area contributed by atoms with Gasteiger partial charge in [-0.15, -0.1) is 0 Å². The van der Waals surface area contributed by atoms with E-state index >= 15 is 0 Å². The highest BCUT2D eigenvalue weighted by Crippen LogP contribution is 2.20. The third kappa shape index (κ3) is 3.87. The van der Waals surface area contributed by atoms with Crippen LogP contribution in [0, 0.1) is 0 Å². The predicted octanol–water partition coefficient (Wildman–Crippen LogP) is 2.92. The van der Waals surface area contributed by atoms with Crippen molar-refractivity contribution in [1.82, 2.24) is 4.90 Å². The molecule has 0 saturated carbocycles. The van der Waals surface area contributed by atoms with E-state index < -0.39 is 0 Å². The topological polar surface area (TPSA) is 38.5 Å². The van der Waals surface area contributed by atoms with Gasteiger partial charge in [0, 0.05) is 37.0 Å². The zero-order chi connectivity index (χ0) is 13.0. The number of rotatable bonds is 4. The van der Waals surface area contributed by atoms with Crippen LogP contribution in [0.1, 0.15) is 25.3 Å². The van der Waals surface area contributed by atoms with Crippen molar-refractivity contribution in [2.24, 2.45) is 0 Å². The number of ether oxygens (including phenoxy) is 1. The van der Waals surface area contributed by atoms with Crippen LogP contribution < -0.4 is 5.73 Å². The van der Waals surface area contributed by atoms with E-state index in [-0.39, 0.29) is 0 Å². The minimum absolute atomic E-state index is 0.440. The Morgan fingerprint density at radius 3 is 2.67 bits per heavy atom. The molecular weight excluding hydrogens is 248 g/mol. The summed E-state index contributed by atoms with van der Waals surface area (Å²) < 4.78 is 5.65. The maximum Gasteiger partial charge on any atom is 0.0599 e. The number of hydrogen-bond donors (Lipinski definition) is 1. The fraction of sp³-hybridized carbons (Fsp3) is 0.571. The van der Waals surface area contributed by atoms with Gasteiger partial charge in [-0.1, -0.05) is 11.6 Å². The van der Waals surface area contributed by atoms with Gasteiger partial charge < -0.3 is 10.5 Å². The van der Waals surface area contributed by atoms with E-state index in [2.05, 4.69) is 11.8 Å². The van der Waals surface area contributed by atoms with Crippen LogP contribution in [-0.2, 0) is 11.3 Å². The molecule has 4 heteroatoms. The summed E-state index contributed by atoms with van der Waals surface area (Å²) in [4.78, 5) is 2.43. The lowest BCUT2D eigenvalue weighted by Gasteiger charge is -2.31. The molecule has 1 saturated heterocycles. The smallest absolute Gasteiger partial charge is 0.0599 e. The van der Waals surface area contributed by atoms with Gasteiger partial charge in [-0.2, -0.15) is 0 Å². The highest BCUT2D eigenvalue weighted by molar-refractivity contribution is 6.30. The summed E-state index contributed by atoms with van der Waals surface area (Å²) in [6.07, 6.45) is 2.67. The van der Waals surface area contributed by atoms with E-state index in [9.17, 15) is 0 Å². The third-order valence-corrected chi connectivity index (χ3v) is 3.54. The number of hydrogen-bond acceptors (Lipinski definition) is 3. The van der Waals surface area contributed by atoms with Crippen LogP contribution >= 0.6 is 11.6 Å². The Kier molecular flexibility index (Phi) is 4.87. The lowest BCUT2D eigenvalue weighted by Crippen LogP contribution is -2.36. The van der Waals surface area contributed by atoms with E-state index in [1.807, 2.05) is 12.1 Å². The summed E-state index contributed by atoms with van der Waals surface area (Å²) in [5.74, 6) is 0. The molecule has 0 unspecified atom stereocenters. The van der Waals surface area contributed by atoms with Gasteiger partial charge in [0.05, 0.1) is 6.10 Å². The molecule has 1 aliphatic heterocycles. The van der Waals surface area contributed by atoms with E-state index in [4.69, 9.17) is 22.1 Å². The molecule has 3 nitrogen and oxygen atoms in total. The zero-order valence-electron chi connectivity index (χ0n) is 10.9. The molecule has 1 aromatic carbocycles. The second-order valence-electron chi connectivity index (χ2n) is 4.82. The quantitative estimate of drug-likeness (QED) is 0.854. The van der Waals surface area contributed by atoms with Crippen molar-refractivity contribution >= 4 is 17.3 Å².